The molecule has 0 aliphatic heterocycles. The number of benzene rings is 1. The van der Waals surface area contributed by atoms with Gasteiger partial charge in [0.05, 0.1) is 6.10 Å². The van der Waals surface area contributed by atoms with E-state index in [4.69, 9.17) is 11.6 Å². The summed E-state index contributed by atoms with van der Waals surface area (Å²) in [6.45, 7) is 2.30. The van der Waals surface area contributed by atoms with E-state index in [1.807, 2.05) is 18.2 Å². The van der Waals surface area contributed by atoms with Gasteiger partial charge < -0.3 is 5.11 Å². The highest BCUT2D eigenvalue weighted by molar-refractivity contribution is 14.1. The van der Waals surface area contributed by atoms with Crippen molar-refractivity contribution >= 4 is 34.2 Å². The Morgan fingerprint density at radius 3 is 2.59 bits per heavy atom. The largest absolute Gasteiger partial charge is 0.388 e. The Morgan fingerprint density at radius 2 is 1.94 bits per heavy atom. The zero-order chi connectivity index (χ0) is 12.4. The lowest BCUT2D eigenvalue weighted by Crippen LogP contribution is -2.20. The second-order valence-electron chi connectivity index (χ2n) is 5.13. The molecule has 0 bridgehead atoms. The standard InChI is InChI=1S/C14H18ClIO/c1-9-2-4-10(5-3-9)14(17)12-8-11(15)6-7-13(12)16/h6-10,14,17H,2-5H2,1H3. The Kier molecular flexibility index (Phi) is 4.72. The summed E-state index contributed by atoms with van der Waals surface area (Å²) in [7, 11) is 0. The molecule has 1 fully saturated rings. The van der Waals surface area contributed by atoms with Crippen molar-refractivity contribution in [1.29, 1.82) is 0 Å². The maximum atomic E-state index is 10.5. The third kappa shape index (κ3) is 3.36. The van der Waals surface area contributed by atoms with Crippen LogP contribution in [-0.2, 0) is 0 Å². The van der Waals surface area contributed by atoms with Crippen LogP contribution in [0.25, 0.3) is 0 Å². The molecule has 17 heavy (non-hydrogen) atoms. The van der Waals surface area contributed by atoms with Crippen LogP contribution in [0.15, 0.2) is 18.2 Å². The molecule has 94 valence electrons. The summed E-state index contributed by atoms with van der Waals surface area (Å²) >= 11 is 8.28. The highest BCUT2D eigenvalue weighted by Gasteiger charge is 2.26. The molecule has 1 saturated carbocycles. The van der Waals surface area contributed by atoms with Gasteiger partial charge in [-0.05, 0) is 71.0 Å². The molecule has 1 unspecified atom stereocenters. The number of rotatable bonds is 2. The molecular formula is C14H18ClIO. The third-order valence-corrected chi connectivity index (χ3v) is 5.00. The van der Waals surface area contributed by atoms with Crippen molar-refractivity contribution in [2.75, 3.05) is 0 Å². The lowest BCUT2D eigenvalue weighted by atomic mass is 9.78. The van der Waals surface area contributed by atoms with Crippen molar-refractivity contribution in [2.45, 2.75) is 38.7 Å². The van der Waals surface area contributed by atoms with Crippen molar-refractivity contribution < 1.29 is 5.11 Å². The summed E-state index contributed by atoms with van der Waals surface area (Å²) in [5.41, 5.74) is 0.998. The third-order valence-electron chi connectivity index (χ3n) is 3.78. The average molecular weight is 365 g/mol. The Balaban J connectivity index is 2.13. The maximum Gasteiger partial charge on any atom is 0.0828 e. The number of hydrogen-bond donors (Lipinski definition) is 1. The molecule has 1 aliphatic rings. The van der Waals surface area contributed by atoms with Gasteiger partial charge in [0.1, 0.15) is 0 Å². The Morgan fingerprint density at radius 1 is 1.29 bits per heavy atom. The second-order valence-corrected chi connectivity index (χ2v) is 6.73. The maximum absolute atomic E-state index is 10.5. The number of halogens is 2. The molecule has 1 aliphatic carbocycles. The number of aliphatic hydroxyl groups excluding tert-OH is 1. The topological polar surface area (TPSA) is 20.2 Å². The Hall–Kier alpha value is 0.200. The quantitative estimate of drug-likeness (QED) is 0.747. The van der Waals surface area contributed by atoms with E-state index in [0.29, 0.717) is 10.9 Å². The Bertz CT molecular complexity index is 386. The first-order chi connectivity index (χ1) is 8.08. The molecule has 1 aromatic rings. The normalized spacial score (nSPS) is 26.8. The van der Waals surface area contributed by atoms with Crippen molar-refractivity contribution in [3.63, 3.8) is 0 Å². The molecule has 2 rings (SSSR count). The predicted octanol–water partition coefficient (Wildman–Crippen LogP) is 4.80. The zero-order valence-electron chi connectivity index (χ0n) is 10.00. The first-order valence-corrected chi connectivity index (χ1v) is 7.66. The fraction of sp³-hybridized carbons (Fsp3) is 0.571. The van der Waals surface area contributed by atoms with Gasteiger partial charge >= 0.3 is 0 Å². The molecule has 0 saturated heterocycles. The minimum absolute atomic E-state index is 0.354. The van der Waals surface area contributed by atoms with Crippen molar-refractivity contribution in [3.8, 4) is 0 Å². The number of hydrogen-bond acceptors (Lipinski definition) is 1. The lowest BCUT2D eigenvalue weighted by Gasteiger charge is -2.30. The van der Waals surface area contributed by atoms with Gasteiger partial charge in [0.25, 0.3) is 0 Å². The summed E-state index contributed by atoms with van der Waals surface area (Å²) in [5, 5.41) is 11.2. The second kappa shape index (κ2) is 5.89. The van der Waals surface area contributed by atoms with Crippen LogP contribution in [0, 0.1) is 15.4 Å². The van der Waals surface area contributed by atoms with Gasteiger partial charge in [-0.15, -0.1) is 0 Å². The fourth-order valence-corrected chi connectivity index (χ4v) is 3.43. The summed E-state index contributed by atoms with van der Waals surface area (Å²) < 4.78 is 1.11. The highest BCUT2D eigenvalue weighted by atomic mass is 127. The van der Waals surface area contributed by atoms with E-state index in [-0.39, 0.29) is 6.10 Å². The molecule has 1 atom stereocenters. The summed E-state index contributed by atoms with van der Waals surface area (Å²) in [6, 6.07) is 5.77. The van der Waals surface area contributed by atoms with Crippen LogP contribution < -0.4 is 0 Å². The van der Waals surface area contributed by atoms with Crippen LogP contribution in [0.2, 0.25) is 5.02 Å². The van der Waals surface area contributed by atoms with E-state index < -0.39 is 0 Å². The molecule has 1 N–H and O–H groups in total. The SMILES string of the molecule is CC1CCC(C(O)c2cc(Cl)ccc2I)CC1. The molecule has 0 radical (unpaired) electrons. The van der Waals surface area contributed by atoms with Gasteiger partial charge in [0.15, 0.2) is 0 Å². The molecular weight excluding hydrogens is 347 g/mol. The predicted molar refractivity (Wildman–Crippen MR) is 80.3 cm³/mol. The minimum Gasteiger partial charge on any atom is -0.388 e. The van der Waals surface area contributed by atoms with E-state index in [1.54, 1.807) is 0 Å². The lowest BCUT2D eigenvalue weighted by molar-refractivity contribution is 0.0749. The first-order valence-electron chi connectivity index (χ1n) is 6.21. The first kappa shape index (κ1) is 13.6. The van der Waals surface area contributed by atoms with Crippen LogP contribution in [0.3, 0.4) is 0 Å². The highest BCUT2D eigenvalue weighted by Crippen LogP contribution is 2.38. The van der Waals surface area contributed by atoms with E-state index in [9.17, 15) is 5.11 Å². The Labute approximate surface area is 122 Å². The molecule has 0 amide bonds. The van der Waals surface area contributed by atoms with E-state index in [0.717, 1.165) is 27.9 Å². The van der Waals surface area contributed by atoms with Gasteiger partial charge in [0.2, 0.25) is 0 Å². The molecule has 0 aromatic heterocycles. The van der Waals surface area contributed by atoms with Gasteiger partial charge in [-0.25, -0.2) is 0 Å². The van der Waals surface area contributed by atoms with Crippen LogP contribution in [0.4, 0.5) is 0 Å². The summed E-state index contributed by atoms with van der Waals surface area (Å²) in [4.78, 5) is 0. The van der Waals surface area contributed by atoms with E-state index in [1.165, 1.54) is 12.8 Å². The zero-order valence-corrected chi connectivity index (χ0v) is 12.9. The van der Waals surface area contributed by atoms with E-state index >= 15 is 0 Å². The van der Waals surface area contributed by atoms with Gasteiger partial charge in [-0.3, -0.25) is 0 Å². The van der Waals surface area contributed by atoms with E-state index in [2.05, 4.69) is 29.5 Å². The minimum atomic E-state index is -0.354. The van der Waals surface area contributed by atoms with Crippen LogP contribution in [-0.4, -0.2) is 5.11 Å². The fourth-order valence-electron chi connectivity index (χ4n) is 2.60. The van der Waals surface area contributed by atoms with Crippen molar-refractivity contribution in [3.05, 3.63) is 32.4 Å². The molecule has 0 spiro atoms. The number of aliphatic hydroxyl groups is 1. The monoisotopic (exact) mass is 364 g/mol. The van der Waals surface area contributed by atoms with Gasteiger partial charge in [0, 0.05) is 8.59 Å². The molecule has 0 heterocycles. The van der Waals surface area contributed by atoms with Crippen LogP contribution in [0.1, 0.15) is 44.3 Å². The molecule has 1 nitrogen and oxygen atoms in total. The summed E-state index contributed by atoms with van der Waals surface area (Å²) in [6.07, 6.45) is 4.38. The van der Waals surface area contributed by atoms with Crippen molar-refractivity contribution in [2.24, 2.45) is 11.8 Å². The molecule has 3 heteroatoms. The summed E-state index contributed by atoms with van der Waals surface area (Å²) in [5.74, 6) is 1.22. The molecule has 1 aromatic carbocycles. The van der Waals surface area contributed by atoms with Crippen LogP contribution in [0.5, 0.6) is 0 Å². The van der Waals surface area contributed by atoms with Crippen molar-refractivity contribution in [1.82, 2.24) is 0 Å². The smallest absolute Gasteiger partial charge is 0.0828 e. The average Bonchev–Trinajstić information content (AvgIpc) is 2.32. The van der Waals surface area contributed by atoms with Gasteiger partial charge in [-0.2, -0.15) is 0 Å². The van der Waals surface area contributed by atoms with Gasteiger partial charge in [-0.1, -0.05) is 31.4 Å². The van der Waals surface area contributed by atoms with Crippen LogP contribution >= 0.6 is 34.2 Å².